The predicted octanol–water partition coefficient (Wildman–Crippen LogP) is 1.24. The number of carbonyl (C=O) groups excluding carboxylic acids is 1. The van der Waals surface area contributed by atoms with Gasteiger partial charge < -0.3 is 4.74 Å². The van der Waals surface area contributed by atoms with Gasteiger partial charge in [-0.3, -0.25) is 4.90 Å². The normalized spacial score (nSPS) is 23.0. The Morgan fingerprint density at radius 1 is 1.67 bits per heavy atom. The number of nitrogens with zero attached hydrogens (tertiary/aromatic N) is 1. The molecule has 0 N–H and O–H groups in total. The zero-order valence-electron chi connectivity index (χ0n) is 7.25. The van der Waals surface area contributed by atoms with Gasteiger partial charge in [-0.05, 0) is 19.3 Å². The van der Waals surface area contributed by atoms with Gasteiger partial charge in [0.05, 0.1) is 13.2 Å². The molecule has 1 heterocycles. The molecule has 1 aliphatic rings. The van der Waals surface area contributed by atoms with Crippen LogP contribution >= 0.6 is 0 Å². The van der Waals surface area contributed by atoms with Crippen LogP contribution in [0.1, 0.15) is 19.3 Å². The molecule has 3 heteroatoms. The second-order valence-electron chi connectivity index (χ2n) is 2.84. The van der Waals surface area contributed by atoms with Crippen molar-refractivity contribution in [3.8, 4) is 12.3 Å². The number of rotatable bonds is 0. The lowest BCUT2D eigenvalue weighted by Crippen LogP contribution is -2.42. The number of piperidine rings is 1. The maximum absolute atomic E-state index is 11.1. The second-order valence-corrected chi connectivity index (χ2v) is 2.84. The molecule has 0 saturated carbocycles. The zero-order valence-corrected chi connectivity index (χ0v) is 7.25. The number of hydrogen-bond donors (Lipinski definition) is 0. The average molecular weight is 167 g/mol. The van der Waals surface area contributed by atoms with Crippen LogP contribution in [0.4, 0.5) is 4.79 Å². The summed E-state index contributed by atoms with van der Waals surface area (Å²) in [6.07, 6.45) is 7.99. The molecule has 0 radical (unpaired) electrons. The summed E-state index contributed by atoms with van der Waals surface area (Å²) in [5.74, 6) is 2.59. The van der Waals surface area contributed by atoms with E-state index in [9.17, 15) is 4.79 Å². The summed E-state index contributed by atoms with van der Waals surface area (Å²) < 4.78 is 4.61. The van der Waals surface area contributed by atoms with Gasteiger partial charge in [0.2, 0.25) is 0 Å². The molecule has 1 atom stereocenters. The average Bonchev–Trinajstić information content (AvgIpc) is 2.16. The highest BCUT2D eigenvalue weighted by Gasteiger charge is 2.25. The number of hydrogen-bond acceptors (Lipinski definition) is 2. The molecule has 1 fully saturated rings. The van der Waals surface area contributed by atoms with Crippen molar-refractivity contribution in [2.45, 2.75) is 25.3 Å². The highest BCUT2D eigenvalue weighted by molar-refractivity contribution is 5.68. The number of amides is 1. The quantitative estimate of drug-likeness (QED) is 0.508. The van der Waals surface area contributed by atoms with E-state index in [2.05, 4.69) is 10.7 Å². The topological polar surface area (TPSA) is 29.5 Å². The van der Waals surface area contributed by atoms with E-state index in [4.69, 9.17) is 6.42 Å². The van der Waals surface area contributed by atoms with Crippen LogP contribution in [0, 0.1) is 12.3 Å². The lowest BCUT2D eigenvalue weighted by molar-refractivity contribution is 0.103. The third kappa shape index (κ3) is 1.70. The van der Waals surface area contributed by atoms with E-state index in [1.807, 2.05) is 0 Å². The van der Waals surface area contributed by atoms with Crippen molar-refractivity contribution in [2.24, 2.45) is 0 Å². The van der Waals surface area contributed by atoms with Gasteiger partial charge in [0.25, 0.3) is 0 Å². The Labute approximate surface area is 72.7 Å². The Bertz CT molecular complexity index is 207. The van der Waals surface area contributed by atoms with Crippen LogP contribution in [0.25, 0.3) is 0 Å². The Morgan fingerprint density at radius 3 is 3.00 bits per heavy atom. The van der Waals surface area contributed by atoms with E-state index < -0.39 is 0 Å². The van der Waals surface area contributed by atoms with Gasteiger partial charge >= 0.3 is 6.09 Å². The Kier molecular flexibility index (Phi) is 2.98. The molecule has 0 bridgehead atoms. The molecule has 3 nitrogen and oxygen atoms in total. The van der Waals surface area contributed by atoms with E-state index in [1.165, 1.54) is 7.11 Å². The summed E-state index contributed by atoms with van der Waals surface area (Å²) in [6.45, 7) is 0.724. The van der Waals surface area contributed by atoms with E-state index in [0.29, 0.717) is 0 Å². The van der Waals surface area contributed by atoms with Gasteiger partial charge in [-0.25, -0.2) is 4.79 Å². The summed E-state index contributed by atoms with van der Waals surface area (Å²) in [5, 5.41) is 0. The van der Waals surface area contributed by atoms with Crippen LogP contribution in [0.2, 0.25) is 0 Å². The molecule has 1 rings (SSSR count). The number of likely N-dealkylation sites (tertiary alicyclic amines) is 1. The van der Waals surface area contributed by atoms with Crippen LogP contribution < -0.4 is 0 Å². The first-order valence-electron chi connectivity index (χ1n) is 4.10. The molecule has 0 aromatic heterocycles. The fourth-order valence-electron chi connectivity index (χ4n) is 1.44. The SMILES string of the molecule is C#C[C@H]1CCCCN1C(=O)OC. The van der Waals surface area contributed by atoms with E-state index in [0.717, 1.165) is 25.8 Å². The standard InChI is InChI=1S/C9H13NO2/c1-3-8-6-4-5-7-10(8)9(11)12-2/h1,8H,4-7H2,2H3/t8-/m0/s1. The van der Waals surface area contributed by atoms with Gasteiger partial charge in [-0.1, -0.05) is 5.92 Å². The fourth-order valence-corrected chi connectivity index (χ4v) is 1.44. The molecular formula is C9H13NO2. The predicted molar refractivity (Wildman–Crippen MR) is 45.6 cm³/mol. The van der Waals surface area contributed by atoms with Crippen molar-refractivity contribution in [3.63, 3.8) is 0 Å². The third-order valence-corrected chi connectivity index (χ3v) is 2.10. The van der Waals surface area contributed by atoms with Gasteiger partial charge in [0.1, 0.15) is 0 Å². The monoisotopic (exact) mass is 167 g/mol. The van der Waals surface area contributed by atoms with E-state index >= 15 is 0 Å². The molecule has 12 heavy (non-hydrogen) atoms. The van der Waals surface area contributed by atoms with E-state index in [-0.39, 0.29) is 12.1 Å². The van der Waals surface area contributed by atoms with Crippen LogP contribution in [0.3, 0.4) is 0 Å². The summed E-state index contributed by atoms with van der Waals surface area (Å²) in [4.78, 5) is 12.8. The lowest BCUT2D eigenvalue weighted by Gasteiger charge is -2.30. The van der Waals surface area contributed by atoms with Gasteiger partial charge in [-0.15, -0.1) is 6.42 Å². The van der Waals surface area contributed by atoms with Crippen LogP contribution in [-0.2, 0) is 4.74 Å². The molecule has 66 valence electrons. The summed E-state index contributed by atoms with van der Waals surface area (Å²) >= 11 is 0. The smallest absolute Gasteiger partial charge is 0.410 e. The highest BCUT2D eigenvalue weighted by Crippen LogP contribution is 2.16. The van der Waals surface area contributed by atoms with Crippen LogP contribution in [-0.4, -0.2) is 30.7 Å². The van der Waals surface area contributed by atoms with Crippen molar-refractivity contribution < 1.29 is 9.53 Å². The Balaban J connectivity index is 2.60. The minimum Gasteiger partial charge on any atom is -0.453 e. The fraction of sp³-hybridized carbons (Fsp3) is 0.667. The Morgan fingerprint density at radius 2 is 2.42 bits per heavy atom. The molecule has 0 spiro atoms. The van der Waals surface area contributed by atoms with Gasteiger partial charge in [0, 0.05) is 6.54 Å². The van der Waals surface area contributed by atoms with Crippen molar-refractivity contribution in [3.05, 3.63) is 0 Å². The molecule has 0 aromatic carbocycles. The van der Waals surface area contributed by atoms with Gasteiger partial charge in [-0.2, -0.15) is 0 Å². The number of methoxy groups -OCH3 is 1. The first-order chi connectivity index (χ1) is 5.79. The molecule has 1 aliphatic heterocycles. The minimum atomic E-state index is -0.308. The van der Waals surface area contributed by atoms with Crippen molar-refractivity contribution in [1.29, 1.82) is 0 Å². The minimum absolute atomic E-state index is 0.0637. The molecule has 0 aliphatic carbocycles. The molecular weight excluding hydrogens is 154 g/mol. The van der Waals surface area contributed by atoms with Crippen molar-refractivity contribution in [1.82, 2.24) is 4.90 Å². The van der Waals surface area contributed by atoms with Crippen LogP contribution in [0.15, 0.2) is 0 Å². The first kappa shape index (κ1) is 8.92. The zero-order chi connectivity index (χ0) is 8.97. The lowest BCUT2D eigenvalue weighted by atomic mass is 10.0. The highest BCUT2D eigenvalue weighted by atomic mass is 16.5. The second kappa shape index (κ2) is 4.01. The summed E-state index contributed by atoms with van der Waals surface area (Å²) in [6, 6.07) is -0.0637. The van der Waals surface area contributed by atoms with Crippen LogP contribution in [0.5, 0.6) is 0 Å². The number of carbonyl (C=O) groups is 1. The summed E-state index contributed by atoms with van der Waals surface area (Å²) in [5.41, 5.74) is 0. The summed E-state index contributed by atoms with van der Waals surface area (Å²) in [7, 11) is 1.38. The van der Waals surface area contributed by atoms with Gasteiger partial charge in [0.15, 0.2) is 0 Å². The number of ether oxygens (including phenoxy) is 1. The first-order valence-corrected chi connectivity index (χ1v) is 4.10. The molecule has 1 saturated heterocycles. The van der Waals surface area contributed by atoms with E-state index in [1.54, 1.807) is 4.90 Å². The molecule has 0 aromatic rings. The molecule has 1 amide bonds. The van der Waals surface area contributed by atoms with Crippen molar-refractivity contribution >= 4 is 6.09 Å². The Hall–Kier alpha value is -1.17. The van der Waals surface area contributed by atoms with Crippen molar-refractivity contribution in [2.75, 3.05) is 13.7 Å². The molecule has 0 unspecified atom stereocenters. The maximum atomic E-state index is 11.1. The third-order valence-electron chi connectivity index (χ3n) is 2.10. The largest absolute Gasteiger partial charge is 0.453 e. The maximum Gasteiger partial charge on any atom is 0.410 e. The number of terminal acetylenes is 1.